The van der Waals surface area contributed by atoms with Gasteiger partial charge in [0.05, 0.1) is 11.6 Å². The zero-order chi connectivity index (χ0) is 17.2. The standard InChI is InChI=1S/C18H23N5O2/c24-23(25)16-8-3-6-15(11-16)18-19-12-22(20-18)13-21-10-4-7-14-5-1-2-9-17(14)21/h3,6,8,11-12,14,17H,1-2,4-5,7,9-10,13H2/t14-,17-/m0/s1. The maximum Gasteiger partial charge on any atom is 0.270 e. The van der Waals surface area contributed by atoms with Crippen LogP contribution in [0.5, 0.6) is 0 Å². The first-order valence-electron chi connectivity index (χ1n) is 9.09. The van der Waals surface area contributed by atoms with Crippen LogP contribution in [0, 0.1) is 16.0 Å². The third-order valence-corrected chi connectivity index (χ3v) is 5.54. The van der Waals surface area contributed by atoms with Crippen LogP contribution >= 0.6 is 0 Å². The van der Waals surface area contributed by atoms with Crippen LogP contribution in [0.2, 0.25) is 0 Å². The molecule has 1 aromatic heterocycles. The Kier molecular flexibility index (Phi) is 4.48. The lowest BCUT2D eigenvalue weighted by molar-refractivity contribution is -0.384. The Morgan fingerprint density at radius 1 is 1.20 bits per heavy atom. The van der Waals surface area contributed by atoms with E-state index in [4.69, 9.17) is 0 Å². The van der Waals surface area contributed by atoms with Crippen molar-refractivity contribution in [2.75, 3.05) is 6.54 Å². The zero-order valence-corrected chi connectivity index (χ0v) is 14.3. The van der Waals surface area contributed by atoms with Gasteiger partial charge in [-0.25, -0.2) is 9.67 Å². The molecule has 2 aromatic rings. The van der Waals surface area contributed by atoms with Crippen LogP contribution in [-0.4, -0.2) is 37.2 Å². The lowest BCUT2D eigenvalue weighted by Crippen LogP contribution is -2.47. The van der Waals surface area contributed by atoms with E-state index < -0.39 is 4.92 Å². The highest BCUT2D eigenvalue weighted by atomic mass is 16.6. The normalized spacial score (nSPS) is 24.0. The summed E-state index contributed by atoms with van der Waals surface area (Å²) in [6.45, 7) is 1.87. The van der Waals surface area contributed by atoms with Gasteiger partial charge in [-0.1, -0.05) is 25.0 Å². The van der Waals surface area contributed by atoms with Crippen molar-refractivity contribution in [3.63, 3.8) is 0 Å². The van der Waals surface area contributed by atoms with Crippen LogP contribution in [0.4, 0.5) is 5.69 Å². The van der Waals surface area contributed by atoms with E-state index in [2.05, 4.69) is 15.0 Å². The van der Waals surface area contributed by atoms with Gasteiger partial charge in [0.25, 0.3) is 5.69 Å². The first kappa shape index (κ1) is 16.2. The second-order valence-corrected chi connectivity index (χ2v) is 7.12. The van der Waals surface area contributed by atoms with E-state index in [0.29, 0.717) is 17.4 Å². The van der Waals surface area contributed by atoms with Gasteiger partial charge in [-0.05, 0) is 31.6 Å². The quantitative estimate of drug-likeness (QED) is 0.628. The van der Waals surface area contributed by atoms with E-state index in [-0.39, 0.29) is 5.69 Å². The molecule has 0 radical (unpaired) electrons. The summed E-state index contributed by atoms with van der Waals surface area (Å²) in [6.07, 6.45) is 9.70. The molecule has 132 valence electrons. The molecular weight excluding hydrogens is 318 g/mol. The SMILES string of the molecule is O=[N+]([O-])c1cccc(-c2ncn(CN3CCC[C@@H]4CCCC[C@@H]43)n2)c1. The number of rotatable bonds is 4. The van der Waals surface area contributed by atoms with Crippen LogP contribution in [0.15, 0.2) is 30.6 Å². The second-order valence-electron chi connectivity index (χ2n) is 7.12. The molecule has 1 aromatic carbocycles. The van der Waals surface area contributed by atoms with Crippen LogP contribution in [-0.2, 0) is 6.67 Å². The van der Waals surface area contributed by atoms with Crippen molar-refractivity contribution in [3.05, 3.63) is 40.7 Å². The smallest absolute Gasteiger partial charge is 0.270 e. The Bertz CT molecular complexity index is 757. The summed E-state index contributed by atoms with van der Waals surface area (Å²) < 4.78 is 1.87. The Morgan fingerprint density at radius 3 is 2.92 bits per heavy atom. The van der Waals surface area contributed by atoms with Gasteiger partial charge in [0.1, 0.15) is 6.33 Å². The van der Waals surface area contributed by atoms with Crippen molar-refractivity contribution in [3.8, 4) is 11.4 Å². The minimum Gasteiger partial charge on any atom is -0.281 e. The molecule has 0 bridgehead atoms. The van der Waals surface area contributed by atoms with Crippen LogP contribution in [0.25, 0.3) is 11.4 Å². The largest absolute Gasteiger partial charge is 0.281 e. The van der Waals surface area contributed by atoms with E-state index >= 15 is 0 Å². The van der Waals surface area contributed by atoms with Crippen LogP contribution < -0.4 is 0 Å². The predicted molar refractivity (Wildman–Crippen MR) is 93.8 cm³/mol. The molecule has 7 heteroatoms. The fourth-order valence-electron chi connectivity index (χ4n) is 4.34. The molecule has 0 N–H and O–H groups in total. The van der Waals surface area contributed by atoms with E-state index in [1.54, 1.807) is 12.4 Å². The van der Waals surface area contributed by atoms with Crippen LogP contribution in [0.3, 0.4) is 0 Å². The maximum absolute atomic E-state index is 10.9. The van der Waals surface area contributed by atoms with Crippen molar-refractivity contribution in [2.24, 2.45) is 5.92 Å². The molecule has 0 amide bonds. The number of piperidine rings is 1. The minimum atomic E-state index is -0.391. The molecule has 0 unspecified atom stereocenters. The molecule has 25 heavy (non-hydrogen) atoms. The molecule has 1 aliphatic heterocycles. The number of benzene rings is 1. The Hall–Kier alpha value is -2.28. The summed E-state index contributed by atoms with van der Waals surface area (Å²) >= 11 is 0. The Balaban J connectivity index is 1.49. The van der Waals surface area contributed by atoms with Crippen molar-refractivity contribution in [1.82, 2.24) is 19.7 Å². The molecular formula is C18H23N5O2. The van der Waals surface area contributed by atoms with Gasteiger partial charge in [0, 0.05) is 30.3 Å². The average molecular weight is 341 g/mol. The summed E-state index contributed by atoms with van der Waals surface area (Å²) in [7, 11) is 0. The second kappa shape index (κ2) is 6.92. The van der Waals surface area contributed by atoms with Crippen molar-refractivity contribution in [1.29, 1.82) is 0 Å². The van der Waals surface area contributed by atoms with E-state index in [1.165, 1.54) is 50.7 Å². The van der Waals surface area contributed by atoms with Gasteiger partial charge in [0.15, 0.2) is 5.82 Å². The van der Waals surface area contributed by atoms with Gasteiger partial charge >= 0.3 is 0 Å². The maximum atomic E-state index is 10.9. The number of aromatic nitrogens is 3. The summed E-state index contributed by atoms with van der Waals surface area (Å²) in [5, 5.41) is 15.5. The highest BCUT2D eigenvalue weighted by Crippen LogP contribution is 2.35. The lowest BCUT2D eigenvalue weighted by atomic mass is 9.78. The minimum absolute atomic E-state index is 0.0647. The molecule has 1 aliphatic carbocycles. The van der Waals surface area contributed by atoms with Crippen molar-refractivity contribution >= 4 is 5.69 Å². The number of non-ortho nitro benzene ring substituents is 1. The number of hydrogen-bond donors (Lipinski definition) is 0. The predicted octanol–water partition coefficient (Wildman–Crippen LogP) is 3.47. The number of nitrogens with zero attached hydrogens (tertiary/aromatic N) is 5. The van der Waals surface area contributed by atoms with Crippen molar-refractivity contribution in [2.45, 2.75) is 51.2 Å². The number of nitro benzene ring substituents is 1. The summed E-state index contributed by atoms with van der Waals surface area (Å²) in [5.41, 5.74) is 0.747. The number of hydrogen-bond acceptors (Lipinski definition) is 5. The van der Waals surface area contributed by atoms with Crippen LogP contribution in [0.1, 0.15) is 38.5 Å². The zero-order valence-electron chi connectivity index (χ0n) is 14.3. The third-order valence-electron chi connectivity index (χ3n) is 5.54. The van der Waals surface area contributed by atoms with Gasteiger partial charge in [-0.3, -0.25) is 15.0 Å². The molecule has 2 aliphatic rings. The van der Waals surface area contributed by atoms with Gasteiger partial charge < -0.3 is 0 Å². The topological polar surface area (TPSA) is 77.1 Å². The van der Waals surface area contributed by atoms with Gasteiger partial charge in [-0.15, -0.1) is 5.10 Å². The fourth-order valence-corrected chi connectivity index (χ4v) is 4.34. The summed E-state index contributed by atoms with van der Waals surface area (Å²) in [4.78, 5) is 17.4. The van der Waals surface area contributed by atoms with Gasteiger partial charge in [0.2, 0.25) is 0 Å². The first-order valence-corrected chi connectivity index (χ1v) is 9.09. The number of likely N-dealkylation sites (tertiary alicyclic amines) is 1. The molecule has 2 atom stereocenters. The molecule has 0 spiro atoms. The Labute approximate surface area is 146 Å². The molecule has 1 saturated carbocycles. The molecule has 7 nitrogen and oxygen atoms in total. The Morgan fingerprint density at radius 2 is 2.04 bits per heavy atom. The third kappa shape index (κ3) is 3.42. The number of fused-ring (bicyclic) bond motifs is 1. The van der Waals surface area contributed by atoms with E-state index in [1.807, 2.05) is 10.7 Å². The molecule has 2 heterocycles. The molecule has 2 fully saturated rings. The number of nitro groups is 1. The molecule has 4 rings (SSSR count). The molecule has 1 saturated heterocycles. The monoisotopic (exact) mass is 341 g/mol. The highest BCUT2D eigenvalue weighted by Gasteiger charge is 2.33. The first-order chi connectivity index (χ1) is 12.2. The highest BCUT2D eigenvalue weighted by molar-refractivity contribution is 5.58. The summed E-state index contributed by atoms with van der Waals surface area (Å²) in [5.74, 6) is 1.38. The summed E-state index contributed by atoms with van der Waals surface area (Å²) in [6, 6.07) is 7.17. The van der Waals surface area contributed by atoms with E-state index in [9.17, 15) is 10.1 Å². The van der Waals surface area contributed by atoms with E-state index in [0.717, 1.165) is 19.1 Å². The lowest BCUT2D eigenvalue weighted by Gasteiger charge is -2.43. The average Bonchev–Trinajstić information content (AvgIpc) is 3.11. The van der Waals surface area contributed by atoms with Crippen molar-refractivity contribution < 1.29 is 4.92 Å². The fraction of sp³-hybridized carbons (Fsp3) is 0.556. The van der Waals surface area contributed by atoms with Gasteiger partial charge in [-0.2, -0.15) is 0 Å².